The van der Waals surface area contributed by atoms with Crippen LogP contribution in [0, 0.1) is 12.3 Å². The molecule has 1 atom stereocenters. The maximum atomic E-state index is 4.34. The molecule has 1 aliphatic heterocycles. The molecule has 20 heavy (non-hydrogen) atoms. The molecule has 1 fully saturated rings. The minimum Gasteiger partial charge on any atom is -0.367 e. The van der Waals surface area contributed by atoms with Gasteiger partial charge in [0.1, 0.15) is 0 Å². The van der Waals surface area contributed by atoms with E-state index in [1.165, 1.54) is 18.2 Å². The van der Waals surface area contributed by atoms with Crippen molar-refractivity contribution in [1.82, 2.24) is 15.5 Å². The molecule has 2 N–H and O–H groups in total. The van der Waals surface area contributed by atoms with Crippen molar-refractivity contribution in [1.29, 1.82) is 0 Å². The van der Waals surface area contributed by atoms with E-state index in [2.05, 4.69) is 46.0 Å². The fourth-order valence-corrected chi connectivity index (χ4v) is 2.94. The third kappa shape index (κ3) is 2.61. The van der Waals surface area contributed by atoms with Gasteiger partial charge in [0.25, 0.3) is 0 Å². The molecule has 0 spiro atoms. The number of rotatable bonds is 3. The average Bonchev–Trinajstić information content (AvgIpc) is 2.48. The summed E-state index contributed by atoms with van der Waals surface area (Å²) in [5.41, 5.74) is 1.28. The van der Waals surface area contributed by atoms with Crippen LogP contribution in [0.1, 0.15) is 25.5 Å². The summed E-state index contributed by atoms with van der Waals surface area (Å²) in [4.78, 5) is 0. The highest BCUT2D eigenvalue weighted by atomic mass is 15.2. The summed E-state index contributed by atoms with van der Waals surface area (Å²) in [6.07, 6.45) is 2.50. The van der Waals surface area contributed by atoms with E-state index in [0.29, 0.717) is 5.41 Å². The summed E-state index contributed by atoms with van der Waals surface area (Å²) in [7, 11) is 0. The summed E-state index contributed by atoms with van der Waals surface area (Å²) in [5, 5.41) is 17.9. The zero-order valence-corrected chi connectivity index (χ0v) is 12.2. The summed E-state index contributed by atoms with van der Waals surface area (Å²) in [6, 6.07) is 8.32. The molecule has 1 aromatic carbocycles. The molecule has 0 radical (unpaired) electrons. The normalized spacial score (nSPS) is 22.9. The Bertz CT molecular complexity index is 602. The first kappa shape index (κ1) is 13.3. The van der Waals surface area contributed by atoms with Gasteiger partial charge in [-0.2, -0.15) is 5.10 Å². The largest absolute Gasteiger partial charge is 0.367 e. The Morgan fingerprint density at radius 1 is 1.25 bits per heavy atom. The monoisotopic (exact) mass is 270 g/mol. The lowest BCUT2D eigenvalue weighted by Gasteiger charge is -2.34. The zero-order valence-electron chi connectivity index (χ0n) is 12.2. The molecular weight excluding hydrogens is 248 g/mol. The fourth-order valence-electron chi connectivity index (χ4n) is 2.94. The third-order valence-electron chi connectivity index (χ3n) is 4.24. The van der Waals surface area contributed by atoms with Crippen molar-refractivity contribution >= 4 is 16.6 Å². The molecular formula is C16H22N4. The van der Waals surface area contributed by atoms with Crippen molar-refractivity contribution in [3.63, 3.8) is 0 Å². The SMILES string of the molecule is Cc1nnc(NCC2(C)CCCNC2)c2ccccc12. The van der Waals surface area contributed by atoms with Gasteiger partial charge in [0, 0.05) is 23.9 Å². The Morgan fingerprint density at radius 2 is 2.05 bits per heavy atom. The Morgan fingerprint density at radius 3 is 2.80 bits per heavy atom. The molecule has 0 aliphatic carbocycles. The second-order valence-corrected chi connectivity index (χ2v) is 6.12. The van der Waals surface area contributed by atoms with Crippen LogP contribution in [0.4, 0.5) is 5.82 Å². The van der Waals surface area contributed by atoms with Crippen LogP contribution in [0.2, 0.25) is 0 Å². The third-order valence-corrected chi connectivity index (χ3v) is 4.24. The van der Waals surface area contributed by atoms with Crippen LogP contribution >= 0.6 is 0 Å². The number of benzene rings is 1. The number of hydrogen-bond acceptors (Lipinski definition) is 4. The maximum absolute atomic E-state index is 4.34. The Hall–Kier alpha value is -1.68. The Kier molecular flexibility index (Phi) is 3.57. The van der Waals surface area contributed by atoms with Crippen LogP contribution in [0.3, 0.4) is 0 Å². The highest BCUT2D eigenvalue weighted by Gasteiger charge is 2.26. The van der Waals surface area contributed by atoms with Crippen LogP contribution in [0.15, 0.2) is 24.3 Å². The Labute approximate surface area is 120 Å². The number of piperidine rings is 1. The molecule has 1 saturated heterocycles. The second kappa shape index (κ2) is 5.37. The Balaban J connectivity index is 1.82. The van der Waals surface area contributed by atoms with Gasteiger partial charge in [0.15, 0.2) is 5.82 Å². The van der Waals surface area contributed by atoms with E-state index in [0.717, 1.165) is 36.5 Å². The van der Waals surface area contributed by atoms with Crippen molar-refractivity contribution in [2.24, 2.45) is 5.41 Å². The first-order valence-electron chi connectivity index (χ1n) is 7.35. The van der Waals surface area contributed by atoms with Gasteiger partial charge in [0.2, 0.25) is 0 Å². The molecule has 0 bridgehead atoms. The molecule has 1 aliphatic rings. The fraction of sp³-hybridized carbons (Fsp3) is 0.500. The van der Waals surface area contributed by atoms with E-state index in [1.807, 2.05) is 13.0 Å². The van der Waals surface area contributed by atoms with Crippen LogP contribution in [-0.2, 0) is 0 Å². The van der Waals surface area contributed by atoms with Crippen molar-refractivity contribution < 1.29 is 0 Å². The lowest BCUT2D eigenvalue weighted by atomic mass is 9.83. The summed E-state index contributed by atoms with van der Waals surface area (Å²) < 4.78 is 0. The standard InChI is InChI=1S/C16H22N4/c1-12-13-6-3-4-7-14(13)15(20-19-12)18-11-16(2)8-5-9-17-10-16/h3-4,6-7,17H,5,8-11H2,1-2H3,(H,18,20). The quantitative estimate of drug-likeness (QED) is 0.900. The number of fused-ring (bicyclic) bond motifs is 1. The predicted molar refractivity (Wildman–Crippen MR) is 83.0 cm³/mol. The molecule has 2 heterocycles. The second-order valence-electron chi connectivity index (χ2n) is 6.12. The average molecular weight is 270 g/mol. The van der Waals surface area contributed by atoms with E-state index in [1.54, 1.807) is 0 Å². The summed E-state index contributed by atoms with van der Waals surface area (Å²) in [5.74, 6) is 0.901. The minimum absolute atomic E-state index is 0.298. The van der Waals surface area contributed by atoms with Gasteiger partial charge >= 0.3 is 0 Å². The van der Waals surface area contributed by atoms with Gasteiger partial charge in [-0.25, -0.2) is 0 Å². The van der Waals surface area contributed by atoms with E-state index in [4.69, 9.17) is 0 Å². The lowest BCUT2D eigenvalue weighted by molar-refractivity contribution is 0.253. The molecule has 3 rings (SSSR count). The molecule has 4 heteroatoms. The van der Waals surface area contributed by atoms with Crippen LogP contribution in [-0.4, -0.2) is 29.8 Å². The summed E-state index contributed by atoms with van der Waals surface area (Å²) >= 11 is 0. The lowest BCUT2D eigenvalue weighted by Crippen LogP contribution is -2.42. The van der Waals surface area contributed by atoms with Gasteiger partial charge < -0.3 is 10.6 Å². The molecule has 1 unspecified atom stereocenters. The molecule has 106 valence electrons. The van der Waals surface area contributed by atoms with Crippen LogP contribution < -0.4 is 10.6 Å². The van der Waals surface area contributed by atoms with Crippen molar-refractivity contribution in [2.45, 2.75) is 26.7 Å². The number of nitrogens with one attached hydrogen (secondary N) is 2. The van der Waals surface area contributed by atoms with E-state index >= 15 is 0 Å². The number of anilines is 1. The smallest absolute Gasteiger partial charge is 0.156 e. The minimum atomic E-state index is 0.298. The maximum Gasteiger partial charge on any atom is 0.156 e. The van der Waals surface area contributed by atoms with E-state index in [9.17, 15) is 0 Å². The van der Waals surface area contributed by atoms with Gasteiger partial charge in [-0.05, 0) is 31.7 Å². The first-order valence-corrected chi connectivity index (χ1v) is 7.35. The molecule has 0 saturated carbocycles. The molecule has 2 aromatic rings. The van der Waals surface area contributed by atoms with Gasteiger partial charge in [-0.1, -0.05) is 31.2 Å². The van der Waals surface area contributed by atoms with E-state index in [-0.39, 0.29) is 0 Å². The first-order chi connectivity index (χ1) is 9.68. The predicted octanol–water partition coefficient (Wildman–Crippen LogP) is 2.74. The van der Waals surface area contributed by atoms with Crippen molar-refractivity contribution in [3.05, 3.63) is 30.0 Å². The summed E-state index contributed by atoms with van der Waals surface area (Å²) in [6.45, 7) is 7.48. The number of aryl methyl sites for hydroxylation is 1. The number of aromatic nitrogens is 2. The van der Waals surface area contributed by atoms with Crippen molar-refractivity contribution in [3.8, 4) is 0 Å². The molecule has 4 nitrogen and oxygen atoms in total. The number of nitrogens with zero attached hydrogens (tertiary/aromatic N) is 2. The van der Waals surface area contributed by atoms with Gasteiger partial charge in [0.05, 0.1) is 5.69 Å². The highest BCUT2D eigenvalue weighted by Crippen LogP contribution is 2.27. The number of hydrogen-bond donors (Lipinski definition) is 2. The molecule has 1 aromatic heterocycles. The van der Waals surface area contributed by atoms with Crippen LogP contribution in [0.25, 0.3) is 10.8 Å². The van der Waals surface area contributed by atoms with Crippen LogP contribution in [0.5, 0.6) is 0 Å². The molecule has 0 amide bonds. The topological polar surface area (TPSA) is 49.8 Å². The zero-order chi connectivity index (χ0) is 14.0. The van der Waals surface area contributed by atoms with Gasteiger partial charge in [-0.15, -0.1) is 5.10 Å². The van der Waals surface area contributed by atoms with Gasteiger partial charge in [-0.3, -0.25) is 0 Å². The van der Waals surface area contributed by atoms with E-state index < -0.39 is 0 Å². The highest BCUT2D eigenvalue weighted by molar-refractivity contribution is 5.92. The van der Waals surface area contributed by atoms with Crippen molar-refractivity contribution in [2.75, 3.05) is 25.0 Å².